The molecule has 1 saturated carbocycles. The van der Waals surface area contributed by atoms with Crippen LogP contribution in [0.2, 0.25) is 0 Å². The number of ether oxygens (including phenoxy) is 1. The minimum absolute atomic E-state index is 0.0256. The van der Waals surface area contributed by atoms with Crippen LogP contribution in [0.25, 0.3) is 0 Å². The van der Waals surface area contributed by atoms with E-state index in [9.17, 15) is 18.0 Å². The molecule has 36 heavy (non-hydrogen) atoms. The Morgan fingerprint density at radius 2 is 1.81 bits per heavy atom. The van der Waals surface area contributed by atoms with Gasteiger partial charge in [-0.3, -0.25) is 9.69 Å². The van der Waals surface area contributed by atoms with E-state index in [4.69, 9.17) is 4.74 Å². The first-order chi connectivity index (χ1) is 17.4. The molecule has 2 aromatic carbocycles. The molecule has 0 bridgehead atoms. The van der Waals surface area contributed by atoms with Crippen molar-refractivity contribution in [2.75, 3.05) is 37.7 Å². The molecule has 194 valence electrons. The van der Waals surface area contributed by atoms with Crippen molar-refractivity contribution in [3.05, 3.63) is 59.7 Å². The number of anilines is 1. The zero-order chi connectivity index (χ0) is 25.1. The summed E-state index contributed by atoms with van der Waals surface area (Å²) in [4.78, 5) is 18.0. The lowest BCUT2D eigenvalue weighted by Gasteiger charge is -2.49. The topological polar surface area (TPSA) is 44.8 Å². The molecule has 0 unspecified atom stereocenters. The molecule has 1 N–H and O–H groups in total. The second kappa shape index (κ2) is 10.7. The number of carbonyl (C=O) groups excluding carboxylic acids is 1. The SMILES string of the molecule is O=C(NC1CCCCC1)[C@H]1Cc2cc(C(F)(F)F)ccc2N2CCN(CCOc3ccccc3)C[C@H]12. The van der Waals surface area contributed by atoms with Gasteiger partial charge in [0.05, 0.1) is 17.5 Å². The van der Waals surface area contributed by atoms with Gasteiger partial charge in [0.2, 0.25) is 5.91 Å². The van der Waals surface area contributed by atoms with Gasteiger partial charge in [-0.05, 0) is 55.2 Å². The Kier molecular flexibility index (Phi) is 7.42. The van der Waals surface area contributed by atoms with Crippen LogP contribution in [-0.2, 0) is 17.4 Å². The quantitative estimate of drug-likeness (QED) is 0.612. The molecule has 1 aliphatic carbocycles. The van der Waals surface area contributed by atoms with Gasteiger partial charge in [-0.2, -0.15) is 13.2 Å². The molecule has 5 nitrogen and oxygen atoms in total. The smallest absolute Gasteiger partial charge is 0.416 e. The van der Waals surface area contributed by atoms with Gasteiger partial charge in [0.25, 0.3) is 0 Å². The Morgan fingerprint density at radius 3 is 2.56 bits per heavy atom. The minimum atomic E-state index is -4.40. The maximum Gasteiger partial charge on any atom is 0.416 e. The molecule has 2 heterocycles. The van der Waals surface area contributed by atoms with Crippen molar-refractivity contribution in [2.45, 2.75) is 56.8 Å². The van der Waals surface area contributed by atoms with Gasteiger partial charge in [0.1, 0.15) is 12.4 Å². The van der Waals surface area contributed by atoms with Crippen LogP contribution >= 0.6 is 0 Å². The molecular formula is C28H34F3N3O2. The van der Waals surface area contributed by atoms with Gasteiger partial charge in [0.15, 0.2) is 0 Å². The van der Waals surface area contributed by atoms with E-state index in [1.165, 1.54) is 18.6 Å². The van der Waals surface area contributed by atoms with Crippen LogP contribution in [0.1, 0.15) is 43.2 Å². The molecule has 2 aromatic rings. The third-order valence-corrected chi connectivity index (χ3v) is 7.83. The van der Waals surface area contributed by atoms with Crippen molar-refractivity contribution in [3.8, 4) is 5.75 Å². The Bertz CT molecular complexity index is 1040. The monoisotopic (exact) mass is 501 g/mol. The number of hydrogen-bond donors (Lipinski definition) is 1. The summed E-state index contributed by atoms with van der Waals surface area (Å²) in [5.41, 5.74) is 0.795. The standard InChI is InChI=1S/C28H34F3N3O2/c29-28(30,31)21-11-12-25-20(17-21)18-24(27(35)32-22-7-3-1-4-8-22)26-19-33(13-14-34(25)26)15-16-36-23-9-5-2-6-10-23/h2,5-6,9-12,17,22,24,26H,1,3-4,7-8,13-16,18-19H2,(H,32,35)/t24-,26+/m0/s1. The summed E-state index contributed by atoms with van der Waals surface area (Å²) < 4.78 is 46.2. The average molecular weight is 502 g/mol. The Labute approximate surface area is 210 Å². The first-order valence-electron chi connectivity index (χ1n) is 13.1. The summed E-state index contributed by atoms with van der Waals surface area (Å²) in [5.74, 6) is 0.413. The highest BCUT2D eigenvalue weighted by Crippen LogP contribution is 2.40. The fourth-order valence-electron chi connectivity index (χ4n) is 5.93. The molecule has 2 fully saturated rings. The van der Waals surface area contributed by atoms with Gasteiger partial charge < -0.3 is 15.0 Å². The van der Waals surface area contributed by atoms with Crippen LogP contribution in [0.5, 0.6) is 5.75 Å². The normalized spacial score (nSPS) is 23.0. The van der Waals surface area contributed by atoms with E-state index < -0.39 is 11.7 Å². The molecule has 1 saturated heterocycles. The molecular weight excluding hydrogens is 467 g/mol. The van der Waals surface area contributed by atoms with Crippen LogP contribution in [-0.4, -0.2) is 55.7 Å². The van der Waals surface area contributed by atoms with Gasteiger partial charge >= 0.3 is 6.18 Å². The number of nitrogens with one attached hydrogen (secondary N) is 1. The predicted molar refractivity (Wildman–Crippen MR) is 133 cm³/mol. The lowest BCUT2D eigenvalue weighted by atomic mass is 9.82. The fourth-order valence-corrected chi connectivity index (χ4v) is 5.93. The van der Waals surface area contributed by atoms with E-state index in [0.29, 0.717) is 31.7 Å². The molecule has 1 amide bonds. The molecule has 2 atom stereocenters. The van der Waals surface area contributed by atoms with Crippen molar-refractivity contribution in [1.82, 2.24) is 10.2 Å². The number of carbonyl (C=O) groups is 1. The highest BCUT2D eigenvalue weighted by molar-refractivity contribution is 5.82. The number of piperazine rings is 1. The van der Waals surface area contributed by atoms with E-state index in [1.807, 2.05) is 30.3 Å². The first-order valence-corrected chi connectivity index (χ1v) is 13.1. The molecule has 5 rings (SSSR count). The van der Waals surface area contributed by atoms with Crippen LogP contribution in [0.4, 0.5) is 18.9 Å². The third kappa shape index (κ3) is 5.64. The summed E-state index contributed by atoms with van der Waals surface area (Å²) in [6.45, 7) is 3.40. The maximum atomic E-state index is 13.5. The third-order valence-electron chi connectivity index (χ3n) is 7.83. The number of amides is 1. The number of nitrogens with zero attached hydrogens (tertiary/aromatic N) is 2. The molecule has 3 aliphatic rings. The number of alkyl halides is 3. The minimum Gasteiger partial charge on any atom is -0.492 e. The van der Waals surface area contributed by atoms with Crippen molar-refractivity contribution in [3.63, 3.8) is 0 Å². The van der Waals surface area contributed by atoms with Crippen LogP contribution in [0, 0.1) is 5.92 Å². The molecule has 0 aromatic heterocycles. The summed E-state index contributed by atoms with van der Waals surface area (Å²) in [6.07, 6.45) is 1.29. The molecule has 0 radical (unpaired) electrons. The maximum absolute atomic E-state index is 13.5. The zero-order valence-electron chi connectivity index (χ0n) is 20.5. The molecule has 2 aliphatic heterocycles. The van der Waals surface area contributed by atoms with Crippen molar-refractivity contribution in [2.24, 2.45) is 5.92 Å². The highest BCUT2D eigenvalue weighted by atomic mass is 19.4. The molecule has 8 heteroatoms. The summed E-state index contributed by atoms with van der Waals surface area (Å²) in [7, 11) is 0. The second-order valence-corrected chi connectivity index (χ2v) is 10.2. The zero-order valence-corrected chi connectivity index (χ0v) is 20.5. The molecule has 0 spiro atoms. The Hall–Kier alpha value is -2.74. The van der Waals surface area contributed by atoms with Crippen molar-refractivity contribution >= 4 is 11.6 Å². The average Bonchev–Trinajstić information content (AvgIpc) is 2.88. The summed E-state index contributed by atoms with van der Waals surface area (Å²) in [5, 5.41) is 3.25. The van der Waals surface area contributed by atoms with Gasteiger partial charge in [-0.25, -0.2) is 0 Å². The van der Waals surface area contributed by atoms with Crippen LogP contribution in [0.15, 0.2) is 48.5 Å². The first kappa shape index (κ1) is 24.9. The van der Waals surface area contributed by atoms with E-state index >= 15 is 0 Å². The Balaban J connectivity index is 1.33. The van der Waals surface area contributed by atoms with E-state index in [2.05, 4.69) is 15.1 Å². The van der Waals surface area contributed by atoms with Crippen molar-refractivity contribution in [1.29, 1.82) is 0 Å². The summed E-state index contributed by atoms with van der Waals surface area (Å²) >= 11 is 0. The lowest BCUT2D eigenvalue weighted by molar-refractivity contribution is -0.137. The number of fused-ring (bicyclic) bond motifs is 3. The number of benzene rings is 2. The van der Waals surface area contributed by atoms with E-state index in [-0.39, 0.29) is 23.9 Å². The number of para-hydroxylation sites is 1. The van der Waals surface area contributed by atoms with Crippen LogP contribution in [0.3, 0.4) is 0 Å². The fraction of sp³-hybridized carbons (Fsp3) is 0.536. The van der Waals surface area contributed by atoms with Crippen molar-refractivity contribution < 1.29 is 22.7 Å². The number of halogens is 3. The van der Waals surface area contributed by atoms with Gasteiger partial charge in [-0.1, -0.05) is 37.5 Å². The highest BCUT2D eigenvalue weighted by Gasteiger charge is 2.43. The lowest BCUT2D eigenvalue weighted by Crippen LogP contribution is -2.62. The van der Waals surface area contributed by atoms with Gasteiger partial charge in [-0.15, -0.1) is 0 Å². The van der Waals surface area contributed by atoms with Gasteiger partial charge in [0, 0.05) is 37.9 Å². The largest absolute Gasteiger partial charge is 0.492 e. The summed E-state index contributed by atoms with van der Waals surface area (Å²) in [6, 6.07) is 13.8. The number of hydrogen-bond acceptors (Lipinski definition) is 4. The predicted octanol–water partition coefficient (Wildman–Crippen LogP) is 4.90. The van der Waals surface area contributed by atoms with E-state index in [1.54, 1.807) is 6.07 Å². The second-order valence-electron chi connectivity index (χ2n) is 10.2. The van der Waals surface area contributed by atoms with E-state index in [0.717, 1.165) is 50.2 Å². The Morgan fingerprint density at radius 1 is 1.03 bits per heavy atom. The number of rotatable bonds is 6. The van der Waals surface area contributed by atoms with Crippen LogP contribution < -0.4 is 15.0 Å².